The summed E-state index contributed by atoms with van der Waals surface area (Å²) in [6, 6.07) is 6.97. The van der Waals surface area contributed by atoms with Gasteiger partial charge in [0, 0.05) is 6.92 Å². The molecule has 0 amide bonds. The minimum absolute atomic E-state index is 0.154. The third-order valence-corrected chi connectivity index (χ3v) is 6.58. The highest BCUT2D eigenvalue weighted by atomic mass is 32.2. The minimum atomic E-state index is -3.53. The Labute approximate surface area is 176 Å². The smallest absolute Gasteiger partial charge is 0.302 e. The molecule has 0 aromatic heterocycles. The minimum Gasteiger partial charge on any atom is -0.462 e. The first-order valence-corrected chi connectivity index (χ1v) is 11.5. The third-order valence-electron chi connectivity index (χ3n) is 4.55. The Morgan fingerprint density at radius 1 is 1.00 bits per heavy atom. The summed E-state index contributed by atoms with van der Waals surface area (Å²) in [5, 5.41) is -0.662. The fraction of sp³-hybridized carbons (Fsp3) is 0.458. The molecule has 1 aromatic carbocycles. The molecule has 4 nitrogen and oxygen atoms in total. The normalized spacial score (nSPS) is 13.7. The molecule has 0 spiro atoms. The van der Waals surface area contributed by atoms with Crippen molar-refractivity contribution in [3.8, 4) is 0 Å². The van der Waals surface area contributed by atoms with Gasteiger partial charge in [-0.15, -0.1) is 0 Å². The largest absolute Gasteiger partial charge is 0.462 e. The van der Waals surface area contributed by atoms with Gasteiger partial charge in [-0.25, -0.2) is 8.42 Å². The lowest BCUT2D eigenvalue weighted by atomic mass is 10.1. The van der Waals surface area contributed by atoms with Crippen LogP contribution in [0.3, 0.4) is 0 Å². The summed E-state index contributed by atoms with van der Waals surface area (Å²) < 4.78 is 31.6. The number of sulfone groups is 1. The van der Waals surface area contributed by atoms with Crippen molar-refractivity contribution in [1.29, 1.82) is 0 Å². The first-order valence-electron chi connectivity index (χ1n) is 9.92. The van der Waals surface area contributed by atoms with E-state index in [2.05, 4.69) is 19.9 Å². The molecule has 0 saturated heterocycles. The van der Waals surface area contributed by atoms with Gasteiger partial charge < -0.3 is 4.74 Å². The van der Waals surface area contributed by atoms with E-state index in [9.17, 15) is 13.2 Å². The van der Waals surface area contributed by atoms with Crippen molar-refractivity contribution in [1.82, 2.24) is 0 Å². The van der Waals surface area contributed by atoms with Crippen LogP contribution >= 0.6 is 0 Å². The maximum absolute atomic E-state index is 13.3. The van der Waals surface area contributed by atoms with Crippen LogP contribution in [0.15, 0.2) is 64.1 Å². The zero-order valence-corrected chi connectivity index (χ0v) is 19.3. The molecule has 0 heterocycles. The highest BCUT2D eigenvalue weighted by molar-refractivity contribution is 7.92. The maximum atomic E-state index is 13.3. The number of allylic oxidation sites excluding steroid dienone is 4. The van der Waals surface area contributed by atoms with Crippen molar-refractivity contribution in [2.24, 2.45) is 0 Å². The average Bonchev–Trinajstić information content (AvgIpc) is 2.60. The molecule has 5 heteroatoms. The van der Waals surface area contributed by atoms with Crippen molar-refractivity contribution in [3.05, 3.63) is 64.8 Å². The maximum Gasteiger partial charge on any atom is 0.302 e. The molecular formula is C24H34O4S. The molecule has 0 aliphatic heterocycles. The van der Waals surface area contributed by atoms with E-state index in [1.807, 2.05) is 39.0 Å². The van der Waals surface area contributed by atoms with E-state index in [-0.39, 0.29) is 12.6 Å². The number of esters is 1. The number of benzene rings is 1. The van der Waals surface area contributed by atoms with Gasteiger partial charge in [0.25, 0.3) is 0 Å². The zero-order valence-electron chi connectivity index (χ0n) is 18.5. The van der Waals surface area contributed by atoms with Crippen LogP contribution in [-0.2, 0) is 19.4 Å². The Kier molecular flexibility index (Phi) is 10.1. The number of ether oxygens (including phenoxy) is 1. The summed E-state index contributed by atoms with van der Waals surface area (Å²) in [5.74, 6) is -0.354. The van der Waals surface area contributed by atoms with E-state index in [4.69, 9.17) is 4.74 Å². The predicted molar refractivity (Wildman–Crippen MR) is 120 cm³/mol. The lowest BCUT2D eigenvalue weighted by molar-refractivity contribution is -0.139. The van der Waals surface area contributed by atoms with Gasteiger partial charge in [-0.05, 0) is 72.1 Å². The predicted octanol–water partition coefficient (Wildman–Crippen LogP) is 5.73. The Morgan fingerprint density at radius 2 is 1.62 bits per heavy atom. The van der Waals surface area contributed by atoms with E-state index < -0.39 is 15.1 Å². The van der Waals surface area contributed by atoms with Gasteiger partial charge in [-0.2, -0.15) is 0 Å². The Bertz CT molecular complexity index is 868. The molecule has 0 saturated carbocycles. The summed E-state index contributed by atoms with van der Waals surface area (Å²) in [6.07, 6.45) is 7.87. The standard InChI is InChI=1S/C24H34O4S/c1-18(2)8-7-9-20(4)16-24(17-21(5)14-15-28-22(6)25)29(26,27)23-12-10-19(3)11-13-23/h8,10-14,16,24H,7,9,15,17H2,1-6H3/b20-16+,21-14?. The van der Waals surface area contributed by atoms with Crippen molar-refractivity contribution in [2.45, 2.75) is 71.0 Å². The molecule has 1 aromatic rings. The molecule has 29 heavy (non-hydrogen) atoms. The van der Waals surface area contributed by atoms with Crippen LogP contribution in [0.2, 0.25) is 0 Å². The monoisotopic (exact) mass is 418 g/mol. The number of rotatable bonds is 10. The number of carbonyl (C=O) groups is 1. The molecule has 0 fully saturated rings. The third kappa shape index (κ3) is 9.27. The highest BCUT2D eigenvalue weighted by Gasteiger charge is 2.26. The number of hydrogen-bond acceptors (Lipinski definition) is 4. The van der Waals surface area contributed by atoms with Gasteiger partial charge >= 0.3 is 5.97 Å². The first kappa shape index (κ1) is 24.9. The fourth-order valence-electron chi connectivity index (χ4n) is 2.85. The summed E-state index contributed by atoms with van der Waals surface area (Å²) in [5.41, 5.74) is 4.20. The van der Waals surface area contributed by atoms with Gasteiger partial charge in [0.15, 0.2) is 9.84 Å². The van der Waals surface area contributed by atoms with Crippen molar-refractivity contribution in [3.63, 3.8) is 0 Å². The summed E-state index contributed by atoms with van der Waals surface area (Å²) >= 11 is 0. The zero-order chi connectivity index (χ0) is 22.0. The summed E-state index contributed by atoms with van der Waals surface area (Å²) in [4.78, 5) is 11.3. The highest BCUT2D eigenvalue weighted by Crippen LogP contribution is 2.25. The van der Waals surface area contributed by atoms with Crippen molar-refractivity contribution >= 4 is 15.8 Å². The lowest BCUT2D eigenvalue weighted by Crippen LogP contribution is -2.20. The van der Waals surface area contributed by atoms with Gasteiger partial charge in [-0.1, -0.05) is 46.6 Å². The molecular weight excluding hydrogens is 384 g/mol. The fourth-order valence-corrected chi connectivity index (χ4v) is 4.61. The van der Waals surface area contributed by atoms with Crippen LogP contribution in [-0.4, -0.2) is 26.2 Å². The average molecular weight is 419 g/mol. The van der Waals surface area contributed by atoms with E-state index in [1.165, 1.54) is 12.5 Å². The summed E-state index contributed by atoms with van der Waals surface area (Å²) in [6.45, 7) is 11.4. The molecule has 0 radical (unpaired) electrons. The SMILES string of the molecule is CC(=O)OCC=C(C)CC(/C=C(\C)CCC=C(C)C)S(=O)(=O)c1ccc(C)cc1. The lowest BCUT2D eigenvalue weighted by Gasteiger charge is -2.17. The molecule has 0 N–H and O–H groups in total. The Morgan fingerprint density at radius 3 is 2.17 bits per heavy atom. The second-order valence-electron chi connectivity index (χ2n) is 7.79. The van der Waals surface area contributed by atoms with Gasteiger partial charge in [-0.3, -0.25) is 4.79 Å². The van der Waals surface area contributed by atoms with E-state index >= 15 is 0 Å². The van der Waals surface area contributed by atoms with Crippen LogP contribution in [0.5, 0.6) is 0 Å². The van der Waals surface area contributed by atoms with Crippen molar-refractivity contribution < 1.29 is 17.9 Å². The van der Waals surface area contributed by atoms with Crippen LogP contribution in [0.1, 0.15) is 59.4 Å². The number of hydrogen-bond donors (Lipinski definition) is 0. The molecule has 0 bridgehead atoms. The number of aryl methyl sites for hydroxylation is 1. The Hall–Kier alpha value is -2.14. The van der Waals surface area contributed by atoms with Gasteiger partial charge in [0.2, 0.25) is 0 Å². The Balaban J connectivity index is 3.14. The van der Waals surface area contributed by atoms with Crippen LogP contribution < -0.4 is 0 Å². The molecule has 1 atom stereocenters. The topological polar surface area (TPSA) is 60.4 Å². The van der Waals surface area contributed by atoms with E-state index in [1.54, 1.807) is 18.2 Å². The van der Waals surface area contributed by atoms with Gasteiger partial charge in [0.1, 0.15) is 6.61 Å². The van der Waals surface area contributed by atoms with Crippen LogP contribution in [0, 0.1) is 6.92 Å². The van der Waals surface area contributed by atoms with Crippen LogP contribution in [0.25, 0.3) is 0 Å². The summed E-state index contributed by atoms with van der Waals surface area (Å²) in [7, 11) is -3.53. The molecule has 0 aliphatic rings. The van der Waals surface area contributed by atoms with Crippen LogP contribution in [0.4, 0.5) is 0 Å². The van der Waals surface area contributed by atoms with E-state index in [0.29, 0.717) is 11.3 Å². The van der Waals surface area contributed by atoms with Gasteiger partial charge in [0.05, 0.1) is 10.1 Å². The number of carbonyl (C=O) groups excluding carboxylic acids is 1. The second-order valence-corrected chi connectivity index (χ2v) is 9.95. The van der Waals surface area contributed by atoms with E-state index in [0.717, 1.165) is 29.6 Å². The quantitative estimate of drug-likeness (QED) is 0.360. The molecule has 1 rings (SSSR count). The first-order chi connectivity index (χ1) is 13.5. The molecule has 1 unspecified atom stereocenters. The molecule has 0 aliphatic carbocycles. The second kappa shape index (κ2) is 11.8. The molecule has 160 valence electrons. The van der Waals surface area contributed by atoms with Crippen molar-refractivity contribution in [2.75, 3.05) is 6.61 Å².